The van der Waals surface area contributed by atoms with Crippen molar-refractivity contribution in [2.45, 2.75) is 56.8 Å². The lowest BCUT2D eigenvalue weighted by atomic mass is 10.0. The lowest BCUT2D eigenvalue weighted by Crippen LogP contribution is -2.59. The molecule has 1 heterocycles. The summed E-state index contributed by atoms with van der Waals surface area (Å²) >= 11 is 1.00. The average molecular weight is 360 g/mol. The lowest BCUT2D eigenvalue weighted by molar-refractivity contribution is -0.133. The number of aliphatic hydroxyl groups excluding tert-OH is 1. The predicted molar refractivity (Wildman–Crippen MR) is 93.4 cm³/mol. The number of aliphatic hydroxyl groups is 1. The summed E-state index contributed by atoms with van der Waals surface area (Å²) in [6, 6.07) is -2.21. The van der Waals surface area contributed by atoms with Gasteiger partial charge in [0.05, 0.1) is 18.2 Å². The molecule has 8 nitrogen and oxygen atoms in total. The largest absolute Gasteiger partial charge is 0.391 e. The zero-order valence-corrected chi connectivity index (χ0v) is 15.0. The van der Waals surface area contributed by atoms with E-state index in [-0.39, 0.29) is 23.6 Å². The van der Waals surface area contributed by atoms with Gasteiger partial charge >= 0.3 is 0 Å². The number of carbonyl (C=O) groups is 3. The van der Waals surface area contributed by atoms with E-state index in [1.807, 2.05) is 0 Å². The second-order valence-electron chi connectivity index (χ2n) is 5.89. The van der Waals surface area contributed by atoms with Crippen molar-refractivity contribution in [2.24, 2.45) is 5.73 Å². The molecule has 9 heteroatoms. The molecule has 0 aromatic carbocycles. The van der Waals surface area contributed by atoms with Crippen LogP contribution >= 0.6 is 11.8 Å². The minimum atomic E-state index is -1.11. The Labute approximate surface area is 146 Å². The summed E-state index contributed by atoms with van der Waals surface area (Å²) < 4.78 is 0. The Morgan fingerprint density at radius 2 is 2.04 bits per heavy atom. The van der Waals surface area contributed by atoms with Crippen molar-refractivity contribution in [3.8, 4) is 0 Å². The second-order valence-corrected chi connectivity index (χ2v) is 6.70. The van der Waals surface area contributed by atoms with Gasteiger partial charge in [0.15, 0.2) is 0 Å². The van der Waals surface area contributed by atoms with E-state index in [4.69, 9.17) is 5.73 Å². The SMILES string of the molecule is CSC(=O)[C@H](CCN)NC(=O)[C@@H](NC(=O)C1CCCCN1)C(C)O. The molecule has 138 valence electrons. The topological polar surface area (TPSA) is 134 Å². The van der Waals surface area contributed by atoms with Crippen LogP contribution in [0.5, 0.6) is 0 Å². The zero-order valence-electron chi connectivity index (χ0n) is 14.2. The normalized spacial score (nSPS) is 21.4. The third kappa shape index (κ3) is 6.39. The third-order valence-corrected chi connectivity index (χ3v) is 4.63. The summed E-state index contributed by atoms with van der Waals surface area (Å²) in [6.07, 6.45) is 3.50. The maximum absolute atomic E-state index is 12.4. The number of nitrogens with two attached hydrogens (primary N) is 1. The van der Waals surface area contributed by atoms with Crippen LogP contribution in [0.1, 0.15) is 32.6 Å². The highest BCUT2D eigenvalue weighted by molar-refractivity contribution is 8.13. The van der Waals surface area contributed by atoms with Gasteiger partial charge < -0.3 is 26.8 Å². The van der Waals surface area contributed by atoms with Gasteiger partial charge in [-0.05, 0) is 45.5 Å². The van der Waals surface area contributed by atoms with Crippen LogP contribution < -0.4 is 21.7 Å². The minimum Gasteiger partial charge on any atom is -0.391 e. The van der Waals surface area contributed by atoms with Crippen LogP contribution in [0.25, 0.3) is 0 Å². The molecule has 4 atom stereocenters. The van der Waals surface area contributed by atoms with Gasteiger partial charge in [-0.15, -0.1) is 0 Å². The maximum atomic E-state index is 12.4. The molecule has 1 rings (SSSR count). The highest BCUT2D eigenvalue weighted by Crippen LogP contribution is 2.09. The van der Waals surface area contributed by atoms with E-state index in [1.165, 1.54) is 6.92 Å². The van der Waals surface area contributed by atoms with E-state index < -0.39 is 24.1 Å². The van der Waals surface area contributed by atoms with Gasteiger partial charge in [0.1, 0.15) is 6.04 Å². The number of nitrogens with one attached hydrogen (secondary N) is 3. The van der Waals surface area contributed by atoms with E-state index >= 15 is 0 Å². The van der Waals surface area contributed by atoms with E-state index in [2.05, 4.69) is 16.0 Å². The summed E-state index contributed by atoms with van der Waals surface area (Å²) in [5.74, 6) is -0.905. The Kier molecular flexibility index (Phi) is 9.27. The van der Waals surface area contributed by atoms with Crippen LogP contribution in [0.4, 0.5) is 0 Å². The number of hydrogen-bond acceptors (Lipinski definition) is 7. The third-order valence-electron chi connectivity index (χ3n) is 3.95. The molecule has 1 fully saturated rings. The van der Waals surface area contributed by atoms with E-state index in [0.717, 1.165) is 31.1 Å². The zero-order chi connectivity index (χ0) is 18.1. The van der Waals surface area contributed by atoms with Gasteiger partial charge in [-0.3, -0.25) is 14.4 Å². The molecular weight excluding hydrogens is 332 g/mol. The molecule has 24 heavy (non-hydrogen) atoms. The monoisotopic (exact) mass is 360 g/mol. The molecule has 0 saturated carbocycles. The fraction of sp³-hybridized carbons (Fsp3) is 0.800. The number of thioether (sulfide) groups is 1. The van der Waals surface area contributed by atoms with Crippen molar-refractivity contribution in [3.05, 3.63) is 0 Å². The number of piperidine rings is 1. The molecule has 0 radical (unpaired) electrons. The first-order valence-electron chi connectivity index (χ1n) is 8.20. The summed E-state index contributed by atoms with van der Waals surface area (Å²) in [5.41, 5.74) is 5.47. The van der Waals surface area contributed by atoms with Crippen molar-refractivity contribution in [3.63, 3.8) is 0 Å². The molecule has 1 aliphatic rings. The van der Waals surface area contributed by atoms with Crippen molar-refractivity contribution in [1.82, 2.24) is 16.0 Å². The fourth-order valence-electron chi connectivity index (χ4n) is 2.55. The molecule has 0 bridgehead atoms. The Hall–Kier alpha value is -1.16. The summed E-state index contributed by atoms with van der Waals surface area (Å²) in [5, 5.41) is 17.9. The van der Waals surface area contributed by atoms with Gasteiger partial charge in [0.2, 0.25) is 16.9 Å². The number of rotatable bonds is 8. The summed E-state index contributed by atoms with van der Waals surface area (Å²) in [6.45, 7) is 2.42. The molecule has 1 saturated heterocycles. The molecule has 0 spiro atoms. The Bertz CT molecular complexity index is 441. The molecule has 1 aliphatic heterocycles. The molecular formula is C15H28N4O4S. The molecule has 6 N–H and O–H groups in total. The molecule has 2 unspecified atom stereocenters. The second kappa shape index (κ2) is 10.7. The van der Waals surface area contributed by atoms with E-state index in [9.17, 15) is 19.5 Å². The smallest absolute Gasteiger partial charge is 0.245 e. The first-order valence-corrected chi connectivity index (χ1v) is 9.43. The number of carbonyl (C=O) groups excluding carboxylic acids is 3. The number of amides is 2. The van der Waals surface area contributed by atoms with Crippen molar-refractivity contribution < 1.29 is 19.5 Å². The van der Waals surface area contributed by atoms with Crippen LogP contribution in [-0.4, -0.2) is 65.6 Å². The maximum Gasteiger partial charge on any atom is 0.245 e. The van der Waals surface area contributed by atoms with Gasteiger partial charge in [-0.1, -0.05) is 18.2 Å². The van der Waals surface area contributed by atoms with Crippen LogP contribution in [0, 0.1) is 0 Å². The molecule has 0 aliphatic carbocycles. The van der Waals surface area contributed by atoms with Gasteiger partial charge in [0.25, 0.3) is 0 Å². The summed E-state index contributed by atoms with van der Waals surface area (Å²) in [7, 11) is 0. The van der Waals surface area contributed by atoms with Gasteiger partial charge in [-0.25, -0.2) is 0 Å². The van der Waals surface area contributed by atoms with E-state index in [1.54, 1.807) is 6.26 Å². The Balaban J connectivity index is 2.69. The van der Waals surface area contributed by atoms with Crippen LogP contribution in [0.2, 0.25) is 0 Å². The fourth-order valence-corrected chi connectivity index (χ4v) is 3.02. The van der Waals surface area contributed by atoms with E-state index in [0.29, 0.717) is 12.8 Å². The highest BCUT2D eigenvalue weighted by atomic mass is 32.2. The first kappa shape index (κ1) is 20.9. The standard InChI is InChI=1S/C15H28N4O4S/c1-9(20)12(19-13(21)10-5-3-4-8-17-10)14(22)18-11(6-7-16)15(23)24-2/h9-12,17,20H,3-8,16H2,1-2H3,(H,18,22)(H,19,21)/t9?,10?,11-,12-/m0/s1. The Morgan fingerprint density at radius 1 is 1.33 bits per heavy atom. The van der Waals surface area contributed by atoms with Crippen LogP contribution in [-0.2, 0) is 14.4 Å². The van der Waals surface area contributed by atoms with Crippen LogP contribution in [0.15, 0.2) is 0 Å². The van der Waals surface area contributed by atoms with Crippen molar-refractivity contribution >= 4 is 28.7 Å². The Morgan fingerprint density at radius 3 is 2.54 bits per heavy atom. The van der Waals surface area contributed by atoms with Gasteiger partial charge in [-0.2, -0.15) is 0 Å². The van der Waals surface area contributed by atoms with Crippen molar-refractivity contribution in [1.29, 1.82) is 0 Å². The summed E-state index contributed by atoms with van der Waals surface area (Å²) in [4.78, 5) is 36.5. The predicted octanol–water partition coefficient (Wildman–Crippen LogP) is -1.28. The quantitative estimate of drug-likeness (QED) is 0.364. The number of hydrogen-bond donors (Lipinski definition) is 5. The minimum absolute atomic E-state index is 0.210. The average Bonchev–Trinajstić information content (AvgIpc) is 2.58. The molecule has 2 amide bonds. The first-order chi connectivity index (χ1) is 11.4. The highest BCUT2D eigenvalue weighted by Gasteiger charge is 2.31. The van der Waals surface area contributed by atoms with Crippen molar-refractivity contribution in [2.75, 3.05) is 19.3 Å². The lowest BCUT2D eigenvalue weighted by Gasteiger charge is -2.27. The molecule has 0 aromatic rings. The van der Waals surface area contributed by atoms with Gasteiger partial charge in [0, 0.05) is 0 Å². The molecule has 0 aromatic heterocycles. The van der Waals surface area contributed by atoms with Crippen LogP contribution in [0.3, 0.4) is 0 Å².